The first-order valence-corrected chi connectivity index (χ1v) is 37.9. The van der Waals surface area contributed by atoms with Crippen molar-refractivity contribution < 1.29 is 114 Å². The predicted octanol–water partition coefficient (Wildman–Crippen LogP) is 6.13. The summed E-state index contributed by atoms with van der Waals surface area (Å²) in [6, 6.07) is 20.1. The molecule has 9 amide bonds. The number of nitrogens with zero attached hydrogens (tertiary/aromatic N) is 4. The average molecular weight is 1540 g/mol. The molecular formula is C69H86Cl2N8O24P2. The predicted molar refractivity (Wildman–Crippen MR) is 384 cm³/mol. The van der Waals surface area contributed by atoms with Crippen LogP contribution >= 0.6 is 38.8 Å². The minimum absolute atomic E-state index is 0.00408. The van der Waals surface area contributed by atoms with E-state index in [2.05, 4.69) is 16.0 Å². The van der Waals surface area contributed by atoms with E-state index in [1.165, 1.54) is 58.4 Å². The number of anilines is 3. The van der Waals surface area contributed by atoms with Gasteiger partial charge in [0, 0.05) is 103 Å². The number of hydrogen-bond acceptors (Lipinski definition) is 20. The molecule has 9 N–H and O–H groups in total. The second kappa shape index (κ2) is 40.0. The number of imide groups is 1. The molecule has 32 nitrogen and oxygen atoms in total. The van der Waals surface area contributed by atoms with E-state index in [9.17, 15) is 71.9 Å². The van der Waals surface area contributed by atoms with Crippen LogP contribution < -0.4 is 40.5 Å². The Bertz CT molecular complexity index is 3870. The molecule has 0 unspecified atom stereocenters. The van der Waals surface area contributed by atoms with E-state index in [-0.39, 0.29) is 136 Å². The summed E-state index contributed by atoms with van der Waals surface area (Å²) in [7, 11) is -10.3. The minimum Gasteiger partial charge on any atom is -0.445 e. The third-order valence-electron chi connectivity index (χ3n) is 17.0. The smallest absolute Gasteiger partial charge is 0.445 e. The summed E-state index contributed by atoms with van der Waals surface area (Å²) < 4.78 is 73.4. The number of ketones is 1. The van der Waals surface area contributed by atoms with Crippen LogP contribution in [-0.4, -0.2) is 219 Å². The van der Waals surface area contributed by atoms with Crippen molar-refractivity contribution in [3.05, 3.63) is 114 Å². The van der Waals surface area contributed by atoms with E-state index < -0.39 is 101 Å². The summed E-state index contributed by atoms with van der Waals surface area (Å²) in [5, 5.41) is 9.69. The van der Waals surface area contributed by atoms with Gasteiger partial charge in [-0.3, -0.25) is 62.9 Å². The van der Waals surface area contributed by atoms with Gasteiger partial charge in [-0.05, 0) is 58.4 Å². The molecule has 8 rings (SSSR count). The molecule has 570 valence electrons. The fourth-order valence-corrected chi connectivity index (χ4v) is 13.4. The maximum Gasteiger partial charge on any atom is 0.524 e. The number of carbonyl (C=O) groups excluding carboxylic acids is 9. The van der Waals surface area contributed by atoms with E-state index >= 15 is 0 Å². The highest BCUT2D eigenvalue weighted by atomic mass is 35.5. The lowest BCUT2D eigenvalue weighted by atomic mass is 9.89. The Kier molecular flexibility index (Phi) is 31.4. The first-order chi connectivity index (χ1) is 50.2. The molecule has 0 spiro atoms. The van der Waals surface area contributed by atoms with Crippen molar-refractivity contribution in [2.24, 2.45) is 17.6 Å². The SMILES string of the molecule is CC(C)[C@H](NC(=O)CCOCCOCCOCCOCCOCCOCCN1C(=O)C=CC1=O)C(=O)C[C@@H](CCCNC(N)=O)C(=O)Nc1ccc(COC(=O)N(CC(=O)N2C[C@@H](CCl)c3c2cc(OP(=O)(O)O)c2ccccc32)CC(=O)N2C[C@@H](CCl)c3c2cc(OP(=O)(O)O)c2ccccc32)cc1. The van der Waals surface area contributed by atoms with Crippen LogP contribution in [0.2, 0.25) is 0 Å². The molecular weight excluding hydrogens is 1460 g/mol. The van der Waals surface area contributed by atoms with Gasteiger partial charge in [-0.1, -0.05) is 74.5 Å². The van der Waals surface area contributed by atoms with Crippen LogP contribution in [-0.2, 0) is 82.5 Å². The van der Waals surface area contributed by atoms with E-state index in [0.717, 1.165) is 9.80 Å². The van der Waals surface area contributed by atoms with E-state index in [1.54, 1.807) is 62.4 Å². The fraction of sp³-hybridized carbons (Fsp3) is 0.464. The van der Waals surface area contributed by atoms with Crippen LogP contribution in [0.3, 0.4) is 0 Å². The zero-order chi connectivity index (χ0) is 75.8. The van der Waals surface area contributed by atoms with Gasteiger partial charge in [0.1, 0.15) is 31.2 Å². The largest absolute Gasteiger partial charge is 0.524 e. The Hall–Kier alpha value is -8.17. The molecule has 3 aliphatic heterocycles. The molecule has 0 fully saturated rings. The van der Waals surface area contributed by atoms with Gasteiger partial charge >= 0.3 is 27.8 Å². The number of benzene rings is 5. The molecule has 36 heteroatoms. The number of hydrogen-bond donors (Lipinski definition) is 8. The van der Waals surface area contributed by atoms with E-state index in [0.29, 0.717) is 91.1 Å². The molecule has 0 bridgehead atoms. The number of urea groups is 1. The number of Topliss-reactive ketones (excluding diaryl/α,β-unsaturated/α-hetero) is 1. The van der Waals surface area contributed by atoms with Crippen molar-refractivity contribution in [2.75, 3.05) is 145 Å². The zero-order valence-electron chi connectivity index (χ0n) is 57.8. The van der Waals surface area contributed by atoms with Crippen LogP contribution in [0.1, 0.15) is 68.1 Å². The minimum atomic E-state index is -5.15. The highest BCUT2D eigenvalue weighted by molar-refractivity contribution is 7.47. The topological polar surface area (TPSA) is 427 Å². The van der Waals surface area contributed by atoms with Crippen LogP contribution in [0.15, 0.2) is 97.1 Å². The van der Waals surface area contributed by atoms with Crippen molar-refractivity contribution in [3.8, 4) is 11.5 Å². The normalized spacial score (nSPS) is 15.5. The number of phosphoric ester groups is 2. The molecule has 0 radical (unpaired) electrons. The molecule has 4 atom stereocenters. The van der Waals surface area contributed by atoms with E-state index in [4.69, 9.17) is 71.1 Å². The molecule has 5 aromatic rings. The number of primary amides is 1. The lowest BCUT2D eigenvalue weighted by Crippen LogP contribution is -2.48. The Morgan fingerprint density at radius 1 is 0.629 bits per heavy atom. The van der Waals surface area contributed by atoms with Gasteiger partial charge in [0.25, 0.3) is 11.8 Å². The van der Waals surface area contributed by atoms with Gasteiger partial charge in [0.15, 0.2) is 5.78 Å². The van der Waals surface area contributed by atoms with E-state index in [1.807, 2.05) is 0 Å². The summed E-state index contributed by atoms with van der Waals surface area (Å²) in [5.74, 6) is -6.56. The summed E-state index contributed by atoms with van der Waals surface area (Å²) in [6.45, 7) is 4.85. The summed E-state index contributed by atoms with van der Waals surface area (Å²) in [5.41, 5.74) is 7.39. The van der Waals surface area contributed by atoms with Crippen molar-refractivity contribution >= 4 is 131 Å². The summed E-state index contributed by atoms with van der Waals surface area (Å²) >= 11 is 13.0. The Balaban J connectivity index is 0.839. The molecule has 0 saturated carbocycles. The number of ether oxygens (including phenoxy) is 7. The standard InChI is InChI=1S/C69H86Cl2N8O24P2/c1-44(2)66(75-59(81)19-22-95-24-26-97-28-30-99-32-33-100-31-29-98-27-25-96-23-21-77-60(82)17-18-61(77)83)56(80)34-46(8-7-20-73-68(72)87)67(86)74-49-15-13-45(14-16-49)43-101-69(88)76(41-62(84)78-39-47(37-70)64-52-11-5-3-9-50(52)57(35-54(64)78)102-104(89,90)91)42-63(85)79-40-48(38-71)65-53-12-6-4-10-51(53)58(36-55(65)79)103-105(92,93)94/h3-6,9-18,35-36,44,46-48,66H,7-8,19-34,37-43H2,1-2H3,(H,74,86)(H,75,81)(H3,72,73,87)(H2,89,90,91)(H2,92,93,94)/t46-,47-,48-,66+/m1/s1. The number of carbonyl (C=O) groups is 9. The Morgan fingerprint density at radius 3 is 1.51 bits per heavy atom. The van der Waals surface area contributed by atoms with Crippen LogP contribution in [0.25, 0.3) is 21.5 Å². The van der Waals surface area contributed by atoms with Crippen molar-refractivity contribution in [1.82, 2.24) is 20.4 Å². The van der Waals surface area contributed by atoms with Crippen LogP contribution in [0.4, 0.5) is 26.7 Å². The van der Waals surface area contributed by atoms with Gasteiger partial charge in [0.05, 0.1) is 103 Å². The number of amides is 9. The highest BCUT2D eigenvalue weighted by Crippen LogP contribution is 2.51. The van der Waals surface area contributed by atoms with Crippen LogP contribution in [0.5, 0.6) is 11.5 Å². The third kappa shape index (κ3) is 24.4. The number of halogens is 2. The maximum atomic E-state index is 14.8. The number of phosphoric acid groups is 2. The molecule has 5 aromatic carbocycles. The Morgan fingerprint density at radius 2 is 1.08 bits per heavy atom. The lowest BCUT2D eigenvalue weighted by Gasteiger charge is -2.27. The number of nitrogens with one attached hydrogen (secondary N) is 3. The molecule has 105 heavy (non-hydrogen) atoms. The quantitative estimate of drug-likeness (QED) is 0.00940. The zero-order valence-corrected chi connectivity index (χ0v) is 61.1. The first-order valence-electron chi connectivity index (χ1n) is 33.7. The molecule has 0 saturated heterocycles. The van der Waals surface area contributed by atoms with Gasteiger partial charge in [0.2, 0.25) is 23.6 Å². The number of alkyl halides is 2. The average Bonchev–Trinajstić information content (AvgIpc) is 1.63. The Labute approximate surface area is 614 Å². The fourth-order valence-electron chi connectivity index (χ4n) is 12.1. The summed E-state index contributed by atoms with van der Waals surface area (Å²) in [6.07, 6.45) is 1.29. The van der Waals surface area contributed by atoms with Crippen molar-refractivity contribution in [2.45, 2.75) is 64.0 Å². The van der Waals surface area contributed by atoms with Gasteiger partial charge in [-0.25, -0.2) is 18.7 Å². The van der Waals surface area contributed by atoms with Crippen molar-refractivity contribution in [1.29, 1.82) is 0 Å². The molecule has 0 aromatic heterocycles. The molecule has 0 aliphatic carbocycles. The number of nitrogens with two attached hydrogens (primary N) is 1. The summed E-state index contributed by atoms with van der Waals surface area (Å²) in [4.78, 5) is 164. The molecule has 3 heterocycles. The number of rotatable bonds is 44. The lowest BCUT2D eigenvalue weighted by molar-refractivity contribution is -0.138. The molecule has 3 aliphatic rings. The second-order valence-corrected chi connectivity index (χ2v) is 27.8. The van der Waals surface area contributed by atoms with Gasteiger partial charge < -0.3 is 73.7 Å². The van der Waals surface area contributed by atoms with Crippen LogP contribution in [0, 0.1) is 11.8 Å². The monoisotopic (exact) mass is 1540 g/mol. The number of fused-ring (bicyclic) bond motifs is 6. The first kappa shape index (κ1) is 82.5. The van der Waals surface area contributed by atoms with Gasteiger partial charge in [-0.15, -0.1) is 23.2 Å². The van der Waals surface area contributed by atoms with Crippen molar-refractivity contribution in [3.63, 3.8) is 0 Å². The maximum absolute atomic E-state index is 14.8. The van der Waals surface area contributed by atoms with Gasteiger partial charge in [-0.2, -0.15) is 0 Å². The third-order valence-corrected chi connectivity index (χ3v) is 18.6. The highest BCUT2D eigenvalue weighted by Gasteiger charge is 2.40. The second-order valence-electron chi connectivity index (χ2n) is 24.9.